The van der Waals surface area contributed by atoms with Gasteiger partial charge in [0.15, 0.2) is 5.78 Å². The minimum atomic E-state index is 0.0633. The van der Waals surface area contributed by atoms with Gasteiger partial charge in [0.2, 0.25) is 0 Å². The Hall–Kier alpha value is -1.77. The Balaban J connectivity index is 1.91. The van der Waals surface area contributed by atoms with Crippen molar-refractivity contribution in [2.75, 3.05) is 19.6 Å². The summed E-state index contributed by atoms with van der Waals surface area (Å²) in [6.45, 7) is 4.39. The monoisotopic (exact) mass is 333 g/mol. The molecule has 2 aromatic heterocycles. The quantitative estimate of drug-likeness (QED) is 0.798. The van der Waals surface area contributed by atoms with Crippen molar-refractivity contribution in [1.82, 2.24) is 24.1 Å². The van der Waals surface area contributed by atoms with Crippen molar-refractivity contribution in [3.05, 3.63) is 33.3 Å². The number of rotatable bonds is 4. The average molecular weight is 333 g/mol. The van der Waals surface area contributed by atoms with E-state index in [1.54, 1.807) is 0 Å². The van der Waals surface area contributed by atoms with E-state index in [0.29, 0.717) is 13.1 Å². The number of nitrogens with zero attached hydrogens (tertiary/aromatic N) is 5. The Labute approximate surface area is 136 Å². The molecule has 0 atom stereocenters. The highest BCUT2D eigenvalue weighted by Gasteiger charge is 2.26. The van der Waals surface area contributed by atoms with Crippen LogP contribution in [0.1, 0.15) is 24.7 Å². The summed E-state index contributed by atoms with van der Waals surface area (Å²) in [5.41, 5.74) is 2.98. The largest absolute Gasteiger partial charge is 0.295 e. The molecule has 0 bridgehead atoms. The van der Waals surface area contributed by atoms with Gasteiger partial charge >= 0.3 is 0 Å². The Morgan fingerprint density at radius 2 is 1.64 bits per heavy atom. The fourth-order valence-electron chi connectivity index (χ4n) is 2.41. The molecule has 8 heteroatoms. The summed E-state index contributed by atoms with van der Waals surface area (Å²) in [7, 11) is 0. The van der Waals surface area contributed by atoms with Crippen molar-refractivity contribution in [3.8, 4) is 0 Å². The van der Waals surface area contributed by atoms with Gasteiger partial charge in [-0.3, -0.25) is 9.69 Å². The van der Waals surface area contributed by atoms with Crippen LogP contribution in [0.4, 0.5) is 0 Å². The molecule has 3 rings (SSSR count). The first kappa shape index (κ1) is 15.1. The first-order valence-corrected chi connectivity index (χ1v) is 8.66. The van der Waals surface area contributed by atoms with E-state index in [9.17, 15) is 4.79 Å². The van der Waals surface area contributed by atoms with Gasteiger partial charge in [-0.15, -0.1) is 10.2 Å². The van der Waals surface area contributed by atoms with Gasteiger partial charge in [0.05, 0.1) is 11.4 Å². The highest BCUT2D eigenvalue weighted by Crippen LogP contribution is 2.21. The zero-order valence-corrected chi connectivity index (χ0v) is 13.7. The van der Waals surface area contributed by atoms with E-state index in [1.807, 2.05) is 22.9 Å². The molecule has 22 heavy (non-hydrogen) atoms. The summed E-state index contributed by atoms with van der Waals surface area (Å²) >= 11 is 2.57. The molecule has 2 aromatic rings. The second-order valence-electron chi connectivity index (χ2n) is 5.04. The van der Waals surface area contributed by atoms with E-state index in [1.165, 1.54) is 23.1 Å². The van der Waals surface area contributed by atoms with Gasteiger partial charge in [0.1, 0.15) is 0 Å². The van der Waals surface area contributed by atoms with Crippen LogP contribution in [0.25, 0.3) is 12.2 Å². The standard InChI is InChI=1S/C14H15N5OS2/c1-2-3-19-6-10(4-12-8-21-17-15-12)14(20)11(7-19)5-13-9-22-18-16-13/h4-5,8-9H,2-3,6-7H2,1H3/b10-4+,11-5+. The van der Waals surface area contributed by atoms with Crippen LogP contribution < -0.4 is 0 Å². The smallest absolute Gasteiger partial charge is 0.187 e. The number of piperidine rings is 1. The molecule has 0 N–H and O–H groups in total. The topological polar surface area (TPSA) is 71.9 Å². The van der Waals surface area contributed by atoms with Crippen LogP contribution in [-0.2, 0) is 4.79 Å². The Morgan fingerprint density at radius 3 is 2.05 bits per heavy atom. The number of Topliss-reactive ketones (excluding diaryl/α,β-unsaturated/α-hetero) is 1. The Morgan fingerprint density at radius 1 is 1.09 bits per heavy atom. The fraction of sp³-hybridized carbons (Fsp3) is 0.357. The Bertz CT molecular complexity index is 635. The molecule has 0 saturated carbocycles. The van der Waals surface area contributed by atoms with E-state index in [4.69, 9.17) is 0 Å². The fourth-order valence-corrected chi connectivity index (χ4v) is 3.23. The lowest BCUT2D eigenvalue weighted by atomic mass is 9.96. The molecular formula is C14H15N5OS2. The number of aromatic nitrogens is 4. The predicted octanol–water partition coefficient (Wildman–Crippen LogP) is 2.15. The summed E-state index contributed by atoms with van der Waals surface area (Å²) in [6, 6.07) is 0. The lowest BCUT2D eigenvalue weighted by Crippen LogP contribution is -2.38. The maximum absolute atomic E-state index is 12.7. The van der Waals surface area contributed by atoms with E-state index >= 15 is 0 Å². The van der Waals surface area contributed by atoms with Gasteiger partial charge in [0.25, 0.3) is 0 Å². The molecule has 0 radical (unpaired) electrons. The van der Waals surface area contributed by atoms with Gasteiger partial charge in [0, 0.05) is 35.0 Å². The molecule has 1 aliphatic rings. The average Bonchev–Trinajstić information content (AvgIpc) is 3.17. The first-order valence-electron chi connectivity index (χ1n) is 6.98. The zero-order valence-electron chi connectivity index (χ0n) is 12.1. The van der Waals surface area contributed by atoms with Crippen LogP contribution in [0.5, 0.6) is 0 Å². The molecule has 1 fully saturated rings. The normalized spacial score (nSPS) is 20.1. The highest BCUT2D eigenvalue weighted by molar-refractivity contribution is 7.03. The minimum Gasteiger partial charge on any atom is -0.295 e. The molecule has 114 valence electrons. The maximum Gasteiger partial charge on any atom is 0.187 e. The van der Waals surface area contributed by atoms with Crippen molar-refractivity contribution in [3.63, 3.8) is 0 Å². The van der Waals surface area contributed by atoms with Gasteiger partial charge in [-0.25, -0.2) is 0 Å². The van der Waals surface area contributed by atoms with Crippen LogP contribution in [0.2, 0.25) is 0 Å². The van der Waals surface area contributed by atoms with Crippen molar-refractivity contribution in [1.29, 1.82) is 0 Å². The predicted molar refractivity (Wildman–Crippen MR) is 87.5 cm³/mol. The molecule has 1 aliphatic heterocycles. The van der Waals surface area contributed by atoms with E-state index in [0.717, 1.165) is 35.5 Å². The van der Waals surface area contributed by atoms with Crippen molar-refractivity contribution in [2.45, 2.75) is 13.3 Å². The lowest BCUT2D eigenvalue weighted by molar-refractivity contribution is -0.113. The second kappa shape index (κ2) is 6.99. The van der Waals surface area contributed by atoms with E-state index < -0.39 is 0 Å². The third-order valence-electron chi connectivity index (χ3n) is 3.31. The van der Waals surface area contributed by atoms with Crippen molar-refractivity contribution >= 4 is 41.0 Å². The third-order valence-corrected chi connectivity index (χ3v) is 4.35. The molecule has 0 spiro atoms. The third kappa shape index (κ3) is 3.52. The molecular weight excluding hydrogens is 318 g/mol. The van der Waals surface area contributed by atoms with E-state index in [2.05, 4.69) is 31.0 Å². The van der Waals surface area contributed by atoms with Crippen LogP contribution in [0.3, 0.4) is 0 Å². The molecule has 0 aromatic carbocycles. The van der Waals surface area contributed by atoms with Gasteiger partial charge < -0.3 is 0 Å². The number of carbonyl (C=O) groups is 1. The number of ketones is 1. The molecule has 0 aliphatic carbocycles. The number of hydrogen-bond acceptors (Lipinski definition) is 8. The molecule has 0 unspecified atom stereocenters. The maximum atomic E-state index is 12.7. The molecule has 6 nitrogen and oxygen atoms in total. The highest BCUT2D eigenvalue weighted by atomic mass is 32.1. The second-order valence-corrected chi connectivity index (χ2v) is 6.26. The number of likely N-dealkylation sites (tertiary alicyclic amines) is 1. The van der Waals surface area contributed by atoms with Crippen LogP contribution in [-0.4, -0.2) is 49.5 Å². The minimum absolute atomic E-state index is 0.0633. The SMILES string of the molecule is CCCN1C/C(=C\c2csnn2)C(=O)/C(=C/c2csnn2)C1. The lowest BCUT2D eigenvalue weighted by Gasteiger charge is -2.29. The summed E-state index contributed by atoms with van der Waals surface area (Å²) < 4.78 is 7.68. The molecule has 3 heterocycles. The van der Waals surface area contributed by atoms with Gasteiger partial charge in [-0.1, -0.05) is 15.9 Å². The van der Waals surface area contributed by atoms with E-state index in [-0.39, 0.29) is 5.78 Å². The van der Waals surface area contributed by atoms with Crippen LogP contribution >= 0.6 is 23.1 Å². The summed E-state index contributed by atoms with van der Waals surface area (Å²) in [4.78, 5) is 14.9. The van der Waals surface area contributed by atoms with Crippen molar-refractivity contribution in [2.24, 2.45) is 0 Å². The summed E-state index contributed by atoms with van der Waals surface area (Å²) in [5, 5.41) is 11.7. The number of carbonyl (C=O) groups excluding carboxylic acids is 1. The molecule has 0 amide bonds. The molecule has 1 saturated heterocycles. The number of hydrogen-bond donors (Lipinski definition) is 0. The zero-order chi connectivity index (χ0) is 15.4. The van der Waals surface area contributed by atoms with Gasteiger partial charge in [-0.05, 0) is 48.2 Å². The van der Waals surface area contributed by atoms with Crippen molar-refractivity contribution < 1.29 is 4.79 Å². The summed E-state index contributed by atoms with van der Waals surface area (Å²) in [6.07, 6.45) is 4.72. The summed E-state index contributed by atoms with van der Waals surface area (Å²) in [5.74, 6) is 0.0633. The van der Waals surface area contributed by atoms with Crippen LogP contribution in [0, 0.1) is 0 Å². The first-order chi connectivity index (χ1) is 10.8. The Kier molecular flexibility index (Phi) is 4.81. The van der Waals surface area contributed by atoms with Gasteiger partial charge in [-0.2, -0.15) is 0 Å². The van der Waals surface area contributed by atoms with Crippen LogP contribution in [0.15, 0.2) is 21.9 Å².